The summed E-state index contributed by atoms with van der Waals surface area (Å²) in [6, 6.07) is 3.95. The van der Waals surface area contributed by atoms with Crippen molar-refractivity contribution in [3.05, 3.63) is 35.9 Å². The predicted octanol–water partition coefficient (Wildman–Crippen LogP) is 2.00. The van der Waals surface area contributed by atoms with Crippen LogP contribution in [0.1, 0.15) is 30.0 Å². The highest BCUT2D eigenvalue weighted by atomic mass is 16.5. The first-order valence-corrected chi connectivity index (χ1v) is 7.92. The van der Waals surface area contributed by atoms with Crippen molar-refractivity contribution < 1.29 is 9.53 Å². The predicted molar refractivity (Wildman–Crippen MR) is 91.5 cm³/mol. The van der Waals surface area contributed by atoms with Gasteiger partial charge in [-0.15, -0.1) is 0 Å². The number of aromatic nitrogens is 3. The third kappa shape index (κ3) is 3.02. The van der Waals surface area contributed by atoms with Crippen molar-refractivity contribution in [2.45, 2.75) is 25.2 Å². The van der Waals surface area contributed by atoms with Crippen LogP contribution in [0.3, 0.4) is 0 Å². The molecule has 24 heavy (non-hydrogen) atoms. The van der Waals surface area contributed by atoms with Crippen molar-refractivity contribution in [1.82, 2.24) is 15.0 Å². The number of pyridine rings is 1. The van der Waals surface area contributed by atoms with Gasteiger partial charge in [0.25, 0.3) is 0 Å². The number of nitrogens with one attached hydrogen (secondary N) is 1. The van der Waals surface area contributed by atoms with Crippen molar-refractivity contribution in [3.63, 3.8) is 0 Å². The number of methoxy groups -OCH3 is 1. The fourth-order valence-electron chi connectivity index (χ4n) is 3.04. The van der Waals surface area contributed by atoms with E-state index in [9.17, 15) is 4.79 Å². The molecule has 1 aliphatic carbocycles. The molecule has 0 spiro atoms. The smallest absolute Gasteiger partial charge is 0.242 e. The molecule has 0 aromatic carbocycles. The molecule has 0 aliphatic heterocycles. The summed E-state index contributed by atoms with van der Waals surface area (Å²) >= 11 is 0. The zero-order valence-electron chi connectivity index (χ0n) is 14.1. The quantitative estimate of drug-likeness (QED) is 0.925. The van der Waals surface area contributed by atoms with Gasteiger partial charge in [-0.05, 0) is 30.9 Å². The van der Waals surface area contributed by atoms with Gasteiger partial charge in [0, 0.05) is 20.3 Å². The van der Waals surface area contributed by atoms with Crippen LogP contribution in [0.4, 0.5) is 11.5 Å². The first-order chi connectivity index (χ1) is 11.6. The average molecular weight is 327 g/mol. The topological polar surface area (TPSA) is 80.2 Å². The second-order valence-corrected chi connectivity index (χ2v) is 5.96. The minimum absolute atomic E-state index is 0.106. The van der Waals surface area contributed by atoms with Gasteiger partial charge < -0.3 is 15.0 Å². The summed E-state index contributed by atoms with van der Waals surface area (Å²) in [6.07, 6.45) is 5.87. The molecule has 2 heterocycles. The Bertz CT molecular complexity index is 748. The Morgan fingerprint density at radius 1 is 1.33 bits per heavy atom. The number of aryl methyl sites for hydroxylation is 1. The summed E-state index contributed by atoms with van der Waals surface area (Å²) in [4.78, 5) is 27.5. The van der Waals surface area contributed by atoms with Gasteiger partial charge in [-0.3, -0.25) is 9.78 Å². The van der Waals surface area contributed by atoms with Crippen molar-refractivity contribution in [3.8, 4) is 5.88 Å². The Balaban J connectivity index is 1.92. The Kier molecular flexibility index (Phi) is 4.59. The lowest BCUT2D eigenvalue weighted by Crippen LogP contribution is -2.27. The van der Waals surface area contributed by atoms with Crippen LogP contribution < -0.4 is 15.0 Å². The number of carbonyl (C=O) groups is 1. The van der Waals surface area contributed by atoms with E-state index in [0.29, 0.717) is 17.4 Å². The molecule has 3 rings (SSSR count). The number of hydrogen-bond donors (Lipinski definition) is 1. The van der Waals surface area contributed by atoms with Crippen LogP contribution in [0.25, 0.3) is 0 Å². The maximum absolute atomic E-state index is 12.9. The molecule has 1 N–H and O–H groups in total. The summed E-state index contributed by atoms with van der Waals surface area (Å²) in [6.45, 7) is 0. The molecule has 2 aromatic rings. The number of ether oxygens (including phenoxy) is 1. The van der Waals surface area contributed by atoms with Crippen LogP contribution in [-0.2, 0) is 11.2 Å². The summed E-state index contributed by atoms with van der Waals surface area (Å²) in [5, 5.41) is 2.95. The van der Waals surface area contributed by atoms with Gasteiger partial charge in [0.1, 0.15) is 12.0 Å². The summed E-state index contributed by atoms with van der Waals surface area (Å²) in [5.41, 5.74) is 2.49. The third-order valence-electron chi connectivity index (χ3n) is 4.17. The fourth-order valence-corrected chi connectivity index (χ4v) is 3.04. The second-order valence-electron chi connectivity index (χ2n) is 5.96. The molecule has 0 radical (unpaired) electrons. The molecule has 126 valence electrons. The molecule has 1 amide bonds. The molecular formula is C17H21N5O2. The Hall–Kier alpha value is -2.70. The molecule has 0 fully saturated rings. The first-order valence-electron chi connectivity index (χ1n) is 7.92. The molecule has 1 aliphatic rings. The van der Waals surface area contributed by atoms with E-state index in [1.807, 2.05) is 31.1 Å². The van der Waals surface area contributed by atoms with E-state index in [1.54, 1.807) is 6.20 Å². The van der Waals surface area contributed by atoms with Crippen LogP contribution in [0.5, 0.6) is 5.88 Å². The Morgan fingerprint density at radius 2 is 2.17 bits per heavy atom. The van der Waals surface area contributed by atoms with Crippen LogP contribution in [0.15, 0.2) is 24.7 Å². The highest BCUT2D eigenvalue weighted by molar-refractivity contribution is 5.99. The molecule has 7 heteroatoms. The maximum Gasteiger partial charge on any atom is 0.242 e. The van der Waals surface area contributed by atoms with Gasteiger partial charge in [-0.2, -0.15) is 4.98 Å². The molecule has 1 atom stereocenters. The molecule has 1 unspecified atom stereocenters. The SMILES string of the molecule is COc1ncnc(N(C)C)c1NC(=O)C1CCCc2cccnc21. The van der Waals surface area contributed by atoms with Gasteiger partial charge in [0.2, 0.25) is 11.8 Å². The summed E-state index contributed by atoms with van der Waals surface area (Å²) < 4.78 is 5.29. The number of rotatable bonds is 4. The molecule has 0 bridgehead atoms. The first kappa shape index (κ1) is 16.2. The summed E-state index contributed by atoms with van der Waals surface area (Å²) in [7, 11) is 5.23. The average Bonchev–Trinajstić information content (AvgIpc) is 2.61. The van der Waals surface area contributed by atoms with Crippen molar-refractivity contribution in [2.75, 3.05) is 31.4 Å². The number of nitrogens with zero attached hydrogens (tertiary/aromatic N) is 4. The van der Waals surface area contributed by atoms with Crippen molar-refractivity contribution in [2.24, 2.45) is 0 Å². The van der Waals surface area contributed by atoms with E-state index in [-0.39, 0.29) is 11.8 Å². The zero-order valence-corrected chi connectivity index (χ0v) is 14.1. The number of hydrogen-bond acceptors (Lipinski definition) is 6. The van der Waals surface area contributed by atoms with E-state index >= 15 is 0 Å². The van der Waals surface area contributed by atoms with Crippen molar-refractivity contribution in [1.29, 1.82) is 0 Å². The van der Waals surface area contributed by atoms with Crippen LogP contribution >= 0.6 is 0 Å². The Morgan fingerprint density at radius 3 is 2.92 bits per heavy atom. The van der Waals surface area contributed by atoms with Gasteiger partial charge in [0.05, 0.1) is 18.7 Å². The lowest BCUT2D eigenvalue weighted by atomic mass is 9.86. The molecule has 0 saturated carbocycles. The van der Waals surface area contributed by atoms with Crippen molar-refractivity contribution >= 4 is 17.4 Å². The summed E-state index contributed by atoms with van der Waals surface area (Å²) in [5.74, 6) is 0.576. The van der Waals surface area contributed by atoms with Crippen LogP contribution in [-0.4, -0.2) is 42.1 Å². The number of anilines is 2. The van der Waals surface area contributed by atoms with Crippen LogP contribution in [0.2, 0.25) is 0 Å². The fraction of sp³-hybridized carbons (Fsp3) is 0.412. The van der Waals surface area contributed by atoms with E-state index < -0.39 is 0 Å². The molecule has 0 saturated heterocycles. The lowest BCUT2D eigenvalue weighted by Gasteiger charge is -2.24. The largest absolute Gasteiger partial charge is 0.479 e. The number of amides is 1. The normalized spacial score (nSPS) is 16.2. The Labute approximate surface area is 141 Å². The minimum atomic E-state index is -0.269. The number of carbonyl (C=O) groups excluding carboxylic acids is 1. The van der Waals surface area contributed by atoms with Gasteiger partial charge >= 0.3 is 0 Å². The van der Waals surface area contributed by atoms with Gasteiger partial charge in [-0.1, -0.05) is 6.07 Å². The van der Waals surface area contributed by atoms with E-state index in [0.717, 1.165) is 30.5 Å². The molecule has 7 nitrogen and oxygen atoms in total. The van der Waals surface area contributed by atoms with Gasteiger partial charge in [-0.25, -0.2) is 4.98 Å². The monoisotopic (exact) mass is 327 g/mol. The number of fused-ring (bicyclic) bond motifs is 1. The lowest BCUT2D eigenvalue weighted by molar-refractivity contribution is -0.118. The van der Waals surface area contributed by atoms with E-state index in [1.165, 1.54) is 13.4 Å². The molecular weight excluding hydrogens is 306 g/mol. The zero-order chi connectivity index (χ0) is 17.1. The third-order valence-corrected chi connectivity index (χ3v) is 4.17. The minimum Gasteiger partial charge on any atom is -0.479 e. The van der Waals surface area contributed by atoms with Crippen LogP contribution in [0, 0.1) is 0 Å². The van der Waals surface area contributed by atoms with E-state index in [2.05, 4.69) is 20.3 Å². The highest BCUT2D eigenvalue weighted by Gasteiger charge is 2.29. The standard InChI is InChI=1S/C17H21N5O2/c1-22(2)15-14(17(24-3)20-10-19-15)21-16(23)12-8-4-6-11-7-5-9-18-13(11)12/h5,7,9-10,12H,4,6,8H2,1-3H3,(H,21,23). The highest BCUT2D eigenvalue weighted by Crippen LogP contribution is 2.34. The maximum atomic E-state index is 12.9. The van der Waals surface area contributed by atoms with E-state index in [4.69, 9.17) is 4.74 Å². The second kappa shape index (κ2) is 6.82. The van der Waals surface area contributed by atoms with Gasteiger partial charge in [0.15, 0.2) is 5.82 Å². The molecule has 2 aromatic heterocycles.